The van der Waals surface area contributed by atoms with E-state index in [2.05, 4.69) is 4.98 Å². The van der Waals surface area contributed by atoms with Crippen LogP contribution in [-0.2, 0) is 12.6 Å². The molecule has 0 unspecified atom stereocenters. The van der Waals surface area contributed by atoms with Crippen molar-refractivity contribution >= 4 is 23.4 Å². The molecule has 112 valence electrons. The Kier molecular flexibility index (Phi) is 5.13. The van der Waals surface area contributed by atoms with E-state index in [1.807, 2.05) is 0 Å². The summed E-state index contributed by atoms with van der Waals surface area (Å²) in [5.74, 6) is 0. The maximum atomic E-state index is 13.2. The lowest BCUT2D eigenvalue weighted by atomic mass is 10.1. The molecular formula is C14H12ClF3N2S. The number of halogens is 4. The fraction of sp³-hybridized carbons (Fsp3) is 0.214. The number of alkyl halides is 3. The Balaban J connectivity index is 2.41. The van der Waals surface area contributed by atoms with E-state index in [9.17, 15) is 13.2 Å². The van der Waals surface area contributed by atoms with Gasteiger partial charge in [-0.1, -0.05) is 29.4 Å². The molecule has 1 aromatic carbocycles. The molecule has 0 radical (unpaired) electrons. The second-order valence-corrected chi connectivity index (χ2v) is 5.70. The van der Waals surface area contributed by atoms with Gasteiger partial charge in [-0.05, 0) is 42.8 Å². The van der Waals surface area contributed by atoms with Gasteiger partial charge in [0.05, 0.1) is 10.6 Å². The third-order valence-electron chi connectivity index (χ3n) is 2.71. The molecule has 2 aromatic rings. The lowest BCUT2D eigenvalue weighted by molar-refractivity contribution is -0.139. The van der Waals surface area contributed by atoms with Crippen molar-refractivity contribution in [1.29, 1.82) is 0 Å². The third kappa shape index (κ3) is 4.12. The lowest BCUT2D eigenvalue weighted by Gasteiger charge is -2.14. The largest absolute Gasteiger partial charge is 0.417 e. The fourth-order valence-electron chi connectivity index (χ4n) is 1.76. The minimum Gasteiger partial charge on any atom is -0.330 e. The minimum atomic E-state index is -4.44. The third-order valence-corrected chi connectivity index (χ3v) is 4.23. The van der Waals surface area contributed by atoms with Crippen molar-refractivity contribution in [1.82, 2.24) is 4.98 Å². The standard InChI is InChI=1S/C14H12ClF3N2S/c15-11-2-1-7-20-13(11)21-12-4-3-9(5-6-19)8-10(12)14(16,17)18/h1-4,7-8H,5-6,19H2. The molecular weight excluding hydrogens is 321 g/mol. The summed E-state index contributed by atoms with van der Waals surface area (Å²) < 4.78 is 39.5. The van der Waals surface area contributed by atoms with Gasteiger partial charge in [0.2, 0.25) is 0 Å². The molecule has 0 aliphatic heterocycles. The van der Waals surface area contributed by atoms with Gasteiger partial charge in [0, 0.05) is 11.1 Å². The molecule has 0 atom stereocenters. The molecule has 0 bridgehead atoms. The highest BCUT2D eigenvalue weighted by atomic mass is 35.5. The Morgan fingerprint density at radius 3 is 2.62 bits per heavy atom. The number of hydrogen-bond acceptors (Lipinski definition) is 3. The van der Waals surface area contributed by atoms with Gasteiger partial charge in [-0.2, -0.15) is 13.2 Å². The predicted molar refractivity (Wildman–Crippen MR) is 77.6 cm³/mol. The van der Waals surface area contributed by atoms with Crippen LogP contribution in [0.25, 0.3) is 0 Å². The molecule has 1 aromatic heterocycles. The van der Waals surface area contributed by atoms with Gasteiger partial charge >= 0.3 is 6.18 Å². The molecule has 0 aliphatic rings. The maximum absolute atomic E-state index is 13.2. The average Bonchev–Trinajstić information content (AvgIpc) is 2.42. The summed E-state index contributed by atoms with van der Waals surface area (Å²) in [6.07, 6.45) is -2.54. The molecule has 1 heterocycles. The van der Waals surface area contributed by atoms with Crippen molar-refractivity contribution in [3.8, 4) is 0 Å². The van der Waals surface area contributed by atoms with Crippen molar-refractivity contribution in [2.24, 2.45) is 5.73 Å². The van der Waals surface area contributed by atoms with Crippen molar-refractivity contribution in [3.63, 3.8) is 0 Å². The lowest BCUT2D eigenvalue weighted by Crippen LogP contribution is -2.09. The van der Waals surface area contributed by atoms with Crippen LogP contribution in [0.1, 0.15) is 11.1 Å². The molecule has 0 saturated heterocycles. The molecule has 2 N–H and O–H groups in total. The monoisotopic (exact) mass is 332 g/mol. The van der Waals surface area contributed by atoms with Crippen LogP contribution < -0.4 is 5.73 Å². The molecule has 0 saturated carbocycles. The molecule has 0 spiro atoms. The van der Waals surface area contributed by atoms with Crippen LogP contribution in [0, 0.1) is 0 Å². The summed E-state index contributed by atoms with van der Waals surface area (Å²) in [5, 5.41) is 0.665. The number of nitrogens with two attached hydrogens (primary N) is 1. The number of pyridine rings is 1. The zero-order valence-electron chi connectivity index (χ0n) is 10.8. The highest BCUT2D eigenvalue weighted by molar-refractivity contribution is 7.99. The van der Waals surface area contributed by atoms with Crippen molar-refractivity contribution in [2.75, 3.05) is 6.54 Å². The van der Waals surface area contributed by atoms with Crippen molar-refractivity contribution in [2.45, 2.75) is 22.5 Å². The topological polar surface area (TPSA) is 38.9 Å². The van der Waals surface area contributed by atoms with E-state index in [4.69, 9.17) is 17.3 Å². The highest BCUT2D eigenvalue weighted by Gasteiger charge is 2.34. The van der Waals surface area contributed by atoms with Gasteiger partial charge in [0.25, 0.3) is 0 Å². The molecule has 0 aliphatic carbocycles. The molecule has 2 nitrogen and oxygen atoms in total. The molecule has 0 fully saturated rings. The summed E-state index contributed by atoms with van der Waals surface area (Å²) in [5.41, 5.74) is 5.25. The zero-order chi connectivity index (χ0) is 15.5. The van der Waals surface area contributed by atoms with Gasteiger partial charge < -0.3 is 5.73 Å². The predicted octanol–water partition coefficient (Wildman–Crippen LogP) is 4.41. The first-order valence-electron chi connectivity index (χ1n) is 6.10. The Bertz CT molecular complexity index is 632. The highest BCUT2D eigenvalue weighted by Crippen LogP contribution is 2.41. The van der Waals surface area contributed by atoms with Gasteiger partial charge in [0.1, 0.15) is 5.03 Å². The second-order valence-electron chi connectivity index (χ2n) is 4.26. The van der Waals surface area contributed by atoms with Gasteiger partial charge in [0.15, 0.2) is 0 Å². The average molecular weight is 333 g/mol. The van der Waals surface area contributed by atoms with E-state index in [1.54, 1.807) is 18.2 Å². The van der Waals surface area contributed by atoms with Crippen LogP contribution in [0.5, 0.6) is 0 Å². The normalized spacial score (nSPS) is 11.7. The first-order chi connectivity index (χ1) is 9.91. The van der Waals surface area contributed by atoms with Crippen LogP contribution >= 0.6 is 23.4 Å². The smallest absolute Gasteiger partial charge is 0.330 e. The first-order valence-corrected chi connectivity index (χ1v) is 7.30. The van der Waals surface area contributed by atoms with E-state index >= 15 is 0 Å². The molecule has 2 rings (SSSR count). The summed E-state index contributed by atoms with van der Waals surface area (Å²) in [6, 6.07) is 7.42. The van der Waals surface area contributed by atoms with Crippen molar-refractivity contribution < 1.29 is 13.2 Å². The minimum absolute atomic E-state index is 0.0730. The van der Waals surface area contributed by atoms with E-state index in [0.717, 1.165) is 17.8 Å². The van der Waals surface area contributed by atoms with Crippen molar-refractivity contribution in [3.05, 3.63) is 52.7 Å². The number of rotatable bonds is 4. The molecule has 0 amide bonds. The van der Waals surface area contributed by atoms with Crippen LogP contribution in [0.4, 0.5) is 13.2 Å². The van der Waals surface area contributed by atoms with Crippen LogP contribution in [0.3, 0.4) is 0 Å². The van der Waals surface area contributed by atoms with Crippen LogP contribution in [0.2, 0.25) is 5.02 Å². The fourth-order valence-corrected chi connectivity index (χ4v) is 2.91. The summed E-state index contributed by atoms with van der Waals surface area (Å²) in [4.78, 5) is 4.07. The molecule has 7 heteroatoms. The van der Waals surface area contributed by atoms with Gasteiger partial charge in [-0.3, -0.25) is 0 Å². The Morgan fingerprint density at radius 2 is 2.00 bits per heavy atom. The SMILES string of the molecule is NCCc1ccc(Sc2ncccc2Cl)c(C(F)(F)F)c1. The van der Waals surface area contributed by atoms with E-state index in [0.29, 0.717) is 28.6 Å². The Morgan fingerprint density at radius 1 is 1.24 bits per heavy atom. The van der Waals surface area contributed by atoms with E-state index in [1.165, 1.54) is 12.3 Å². The number of aromatic nitrogens is 1. The Hall–Kier alpha value is -1.24. The van der Waals surface area contributed by atoms with Crippen LogP contribution in [-0.4, -0.2) is 11.5 Å². The summed E-state index contributed by atoms with van der Waals surface area (Å²) >= 11 is 6.84. The van der Waals surface area contributed by atoms with Gasteiger partial charge in [-0.15, -0.1) is 0 Å². The zero-order valence-corrected chi connectivity index (χ0v) is 12.4. The summed E-state index contributed by atoms with van der Waals surface area (Å²) in [6.45, 7) is 0.301. The quantitative estimate of drug-likeness (QED) is 0.901. The summed E-state index contributed by atoms with van der Waals surface area (Å²) in [7, 11) is 0. The number of hydrogen-bond donors (Lipinski definition) is 1. The first kappa shape index (κ1) is 16.1. The van der Waals surface area contributed by atoms with E-state index in [-0.39, 0.29) is 4.90 Å². The van der Waals surface area contributed by atoms with Crippen LogP contribution in [0.15, 0.2) is 46.5 Å². The van der Waals surface area contributed by atoms with E-state index < -0.39 is 11.7 Å². The maximum Gasteiger partial charge on any atom is 0.417 e. The molecule has 21 heavy (non-hydrogen) atoms. The van der Waals surface area contributed by atoms with Gasteiger partial charge in [-0.25, -0.2) is 4.98 Å². The number of benzene rings is 1. The second kappa shape index (κ2) is 6.68. The number of nitrogens with zero attached hydrogens (tertiary/aromatic N) is 1. The Labute approximate surface area is 129 Å².